The van der Waals surface area contributed by atoms with Crippen LogP contribution in [0.4, 0.5) is 5.69 Å². The van der Waals surface area contributed by atoms with Crippen molar-refractivity contribution in [3.8, 4) is 0 Å². The average Bonchev–Trinajstić information content (AvgIpc) is 2.48. The molecule has 2 rings (SSSR count). The van der Waals surface area contributed by atoms with Crippen LogP contribution in [0.15, 0.2) is 47.4 Å². The fourth-order valence-corrected chi connectivity index (χ4v) is 3.11. The zero-order chi connectivity index (χ0) is 17.0. The maximum Gasteiger partial charge on any atom is 0.240 e. The standard InChI is InChI=1S/C17H20N2O3S/c1-12-4-5-15(10-13(12)2)11-18-23(21,22)17-8-6-16(7-9-17)19-14(3)20/h4-10,18H,11H2,1-3H3,(H,19,20). The summed E-state index contributed by atoms with van der Waals surface area (Å²) in [7, 11) is -3.59. The number of hydrogen-bond acceptors (Lipinski definition) is 3. The first-order chi connectivity index (χ1) is 10.8. The molecule has 1 amide bonds. The lowest BCUT2D eigenvalue weighted by molar-refractivity contribution is -0.114. The van der Waals surface area contributed by atoms with Gasteiger partial charge in [-0.3, -0.25) is 4.79 Å². The van der Waals surface area contributed by atoms with Gasteiger partial charge in [0.25, 0.3) is 0 Å². The van der Waals surface area contributed by atoms with Crippen molar-refractivity contribution >= 4 is 21.6 Å². The summed E-state index contributed by atoms with van der Waals surface area (Å²) in [5.74, 6) is -0.200. The number of rotatable bonds is 5. The highest BCUT2D eigenvalue weighted by molar-refractivity contribution is 7.89. The minimum Gasteiger partial charge on any atom is -0.326 e. The molecule has 122 valence electrons. The van der Waals surface area contributed by atoms with Crippen LogP contribution in [0.1, 0.15) is 23.6 Å². The molecule has 0 saturated heterocycles. The van der Waals surface area contributed by atoms with E-state index in [1.54, 1.807) is 12.1 Å². The van der Waals surface area contributed by atoms with E-state index >= 15 is 0 Å². The molecule has 0 fully saturated rings. The number of aryl methyl sites for hydroxylation is 2. The van der Waals surface area contributed by atoms with E-state index in [-0.39, 0.29) is 17.3 Å². The number of nitrogens with one attached hydrogen (secondary N) is 2. The maximum atomic E-state index is 12.3. The Balaban J connectivity index is 2.09. The summed E-state index contributed by atoms with van der Waals surface area (Å²) in [6, 6.07) is 11.9. The van der Waals surface area contributed by atoms with Gasteiger partial charge in [0.15, 0.2) is 0 Å². The van der Waals surface area contributed by atoms with Crippen LogP contribution in [0, 0.1) is 13.8 Å². The largest absolute Gasteiger partial charge is 0.326 e. The lowest BCUT2D eigenvalue weighted by atomic mass is 10.1. The summed E-state index contributed by atoms with van der Waals surface area (Å²) in [4.78, 5) is 11.1. The van der Waals surface area contributed by atoms with Gasteiger partial charge in [-0.1, -0.05) is 18.2 Å². The van der Waals surface area contributed by atoms with Crippen LogP contribution >= 0.6 is 0 Å². The van der Waals surface area contributed by atoms with Gasteiger partial charge in [-0.15, -0.1) is 0 Å². The smallest absolute Gasteiger partial charge is 0.240 e. The Bertz CT molecular complexity index is 812. The Hall–Kier alpha value is -2.18. The third-order valence-corrected chi connectivity index (χ3v) is 4.94. The van der Waals surface area contributed by atoms with Crippen molar-refractivity contribution in [2.24, 2.45) is 0 Å². The quantitative estimate of drug-likeness (QED) is 0.884. The molecule has 0 unspecified atom stereocenters. The second-order valence-corrected chi connectivity index (χ2v) is 7.22. The highest BCUT2D eigenvalue weighted by atomic mass is 32.2. The second kappa shape index (κ2) is 6.93. The molecule has 2 aromatic rings. The molecule has 23 heavy (non-hydrogen) atoms. The van der Waals surface area contributed by atoms with E-state index in [4.69, 9.17) is 0 Å². The van der Waals surface area contributed by atoms with Crippen molar-refractivity contribution in [3.05, 3.63) is 59.2 Å². The molecule has 0 aliphatic rings. The van der Waals surface area contributed by atoms with Crippen LogP contribution in [0.5, 0.6) is 0 Å². The molecular formula is C17H20N2O3S. The van der Waals surface area contributed by atoms with Gasteiger partial charge in [0.2, 0.25) is 15.9 Å². The van der Waals surface area contributed by atoms with Gasteiger partial charge < -0.3 is 5.32 Å². The summed E-state index contributed by atoms with van der Waals surface area (Å²) in [5, 5.41) is 2.60. The highest BCUT2D eigenvalue weighted by Crippen LogP contribution is 2.15. The summed E-state index contributed by atoms with van der Waals surface area (Å²) in [6.07, 6.45) is 0. The van der Waals surface area contributed by atoms with Crippen LogP contribution in [0.2, 0.25) is 0 Å². The Morgan fingerprint density at radius 3 is 2.22 bits per heavy atom. The normalized spacial score (nSPS) is 11.3. The molecule has 0 atom stereocenters. The fourth-order valence-electron chi connectivity index (χ4n) is 2.10. The topological polar surface area (TPSA) is 75.3 Å². The van der Waals surface area contributed by atoms with E-state index in [1.807, 2.05) is 32.0 Å². The summed E-state index contributed by atoms with van der Waals surface area (Å²) in [5.41, 5.74) is 3.77. The Kier molecular flexibility index (Phi) is 5.18. The van der Waals surface area contributed by atoms with Gasteiger partial charge in [0.1, 0.15) is 0 Å². The molecule has 0 spiro atoms. The Labute approximate surface area is 136 Å². The molecule has 0 bridgehead atoms. The number of sulfonamides is 1. The number of hydrogen-bond donors (Lipinski definition) is 2. The van der Waals surface area contributed by atoms with Gasteiger partial charge in [-0.05, 0) is 54.8 Å². The number of carbonyl (C=O) groups is 1. The molecule has 0 heterocycles. The number of benzene rings is 2. The van der Waals surface area contributed by atoms with E-state index < -0.39 is 10.0 Å². The van der Waals surface area contributed by atoms with Crippen LogP contribution in [0.3, 0.4) is 0 Å². The van der Waals surface area contributed by atoms with E-state index in [1.165, 1.54) is 24.6 Å². The minimum atomic E-state index is -3.59. The molecular weight excluding hydrogens is 312 g/mol. The van der Waals surface area contributed by atoms with E-state index in [2.05, 4.69) is 10.0 Å². The van der Waals surface area contributed by atoms with E-state index in [0.717, 1.165) is 11.1 Å². The molecule has 2 N–H and O–H groups in total. The van der Waals surface area contributed by atoms with Crippen molar-refractivity contribution in [1.29, 1.82) is 0 Å². The number of anilines is 1. The average molecular weight is 332 g/mol. The number of amides is 1. The molecule has 0 aliphatic heterocycles. The van der Waals surface area contributed by atoms with Crippen LogP contribution in [0.25, 0.3) is 0 Å². The predicted octanol–water partition coefficient (Wildman–Crippen LogP) is 2.74. The first kappa shape index (κ1) is 17.2. The van der Waals surface area contributed by atoms with Crippen molar-refractivity contribution in [3.63, 3.8) is 0 Å². The zero-order valence-electron chi connectivity index (χ0n) is 13.4. The summed E-state index contributed by atoms with van der Waals surface area (Å²) < 4.78 is 27.2. The van der Waals surface area contributed by atoms with Crippen molar-refractivity contribution in [2.45, 2.75) is 32.2 Å². The summed E-state index contributed by atoms with van der Waals surface area (Å²) >= 11 is 0. The minimum absolute atomic E-state index is 0.162. The molecule has 0 radical (unpaired) electrons. The second-order valence-electron chi connectivity index (χ2n) is 5.45. The zero-order valence-corrected chi connectivity index (χ0v) is 14.2. The lowest BCUT2D eigenvalue weighted by Crippen LogP contribution is -2.23. The summed E-state index contributed by atoms with van der Waals surface area (Å²) in [6.45, 7) is 5.64. The Morgan fingerprint density at radius 1 is 1.00 bits per heavy atom. The van der Waals surface area contributed by atoms with Crippen molar-refractivity contribution in [1.82, 2.24) is 4.72 Å². The monoisotopic (exact) mass is 332 g/mol. The molecule has 0 saturated carbocycles. The fraction of sp³-hybridized carbons (Fsp3) is 0.235. The van der Waals surface area contributed by atoms with E-state index in [9.17, 15) is 13.2 Å². The van der Waals surface area contributed by atoms with E-state index in [0.29, 0.717) is 5.69 Å². The van der Waals surface area contributed by atoms with Crippen LogP contribution < -0.4 is 10.0 Å². The first-order valence-corrected chi connectivity index (χ1v) is 8.70. The maximum absolute atomic E-state index is 12.3. The van der Waals surface area contributed by atoms with Gasteiger partial charge in [-0.25, -0.2) is 13.1 Å². The van der Waals surface area contributed by atoms with Crippen molar-refractivity contribution in [2.75, 3.05) is 5.32 Å². The van der Waals surface area contributed by atoms with Crippen molar-refractivity contribution < 1.29 is 13.2 Å². The van der Waals surface area contributed by atoms with Gasteiger partial charge in [0.05, 0.1) is 4.90 Å². The van der Waals surface area contributed by atoms with Crippen LogP contribution in [-0.4, -0.2) is 14.3 Å². The van der Waals surface area contributed by atoms with Gasteiger partial charge >= 0.3 is 0 Å². The first-order valence-electron chi connectivity index (χ1n) is 7.21. The van der Waals surface area contributed by atoms with Gasteiger partial charge in [0, 0.05) is 19.2 Å². The Morgan fingerprint density at radius 2 is 1.65 bits per heavy atom. The van der Waals surface area contributed by atoms with Crippen LogP contribution in [-0.2, 0) is 21.4 Å². The molecule has 0 aliphatic carbocycles. The molecule has 2 aromatic carbocycles. The molecule has 6 heteroatoms. The van der Waals surface area contributed by atoms with Gasteiger partial charge in [-0.2, -0.15) is 0 Å². The molecule has 5 nitrogen and oxygen atoms in total. The SMILES string of the molecule is CC(=O)Nc1ccc(S(=O)(=O)NCc2ccc(C)c(C)c2)cc1. The lowest BCUT2D eigenvalue weighted by Gasteiger charge is -2.09. The third kappa shape index (κ3) is 4.64. The third-order valence-electron chi connectivity index (χ3n) is 3.52. The highest BCUT2D eigenvalue weighted by Gasteiger charge is 2.13. The molecule has 0 aromatic heterocycles. The predicted molar refractivity (Wildman–Crippen MR) is 90.7 cm³/mol. The number of carbonyl (C=O) groups excluding carboxylic acids is 1.